The number of nitrogens with zero attached hydrogens (tertiary/aromatic N) is 1. The smallest absolute Gasteiger partial charge is 0.336 e. The van der Waals surface area contributed by atoms with Crippen LogP contribution in [0.4, 0.5) is 0 Å². The maximum absolute atomic E-state index is 13.1. The summed E-state index contributed by atoms with van der Waals surface area (Å²) in [4.78, 5) is 38.3. The van der Waals surface area contributed by atoms with Gasteiger partial charge in [-0.1, -0.05) is 6.92 Å². The minimum absolute atomic E-state index is 0.0419. The molecule has 3 heterocycles. The van der Waals surface area contributed by atoms with Crippen LogP contribution in [0, 0.1) is 12.3 Å². The van der Waals surface area contributed by atoms with Crippen LogP contribution >= 0.6 is 0 Å². The second-order valence-corrected chi connectivity index (χ2v) is 8.94. The van der Waals surface area contributed by atoms with E-state index in [1.165, 1.54) is 6.07 Å². The maximum atomic E-state index is 13.1. The van der Waals surface area contributed by atoms with E-state index in [1.807, 2.05) is 30.9 Å². The minimum atomic E-state index is -0.651. The van der Waals surface area contributed by atoms with Gasteiger partial charge in [-0.05, 0) is 68.2 Å². The maximum Gasteiger partial charge on any atom is 0.336 e. The molecule has 0 saturated carbocycles. The number of ether oxygens (including phenoxy) is 1. The van der Waals surface area contributed by atoms with Crippen LogP contribution < -0.4 is 15.7 Å². The zero-order valence-corrected chi connectivity index (χ0v) is 18.5. The second kappa shape index (κ2) is 8.36. The summed E-state index contributed by atoms with van der Waals surface area (Å²) in [6.07, 6.45) is 3.27. The van der Waals surface area contributed by atoms with Gasteiger partial charge in [0.25, 0.3) is 5.91 Å². The largest absolute Gasteiger partial charge is 0.480 e. The van der Waals surface area contributed by atoms with E-state index in [-0.39, 0.29) is 22.9 Å². The van der Waals surface area contributed by atoms with E-state index in [9.17, 15) is 14.4 Å². The predicted molar refractivity (Wildman–Crippen MR) is 117 cm³/mol. The zero-order valence-electron chi connectivity index (χ0n) is 18.5. The van der Waals surface area contributed by atoms with Gasteiger partial charge in [0.05, 0.1) is 5.39 Å². The lowest BCUT2D eigenvalue weighted by Gasteiger charge is -2.44. The summed E-state index contributed by atoms with van der Waals surface area (Å²) in [6, 6.07) is 5.20. The molecule has 0 radical (unpaired) electrons. The van der Waals surface area contributed by atoms with Gasteiger partial charge in [-0.3, -0.25) is 9.59 Å². The van der Waals surface area contributed by atoms with Crippen molar-refractivity contribution in [2.75, 3.05) is 19.6 Å². The highest BCUT2D eigenvalue weighted by atomic mass is 16.5. The molecule has 2 amide bonds. The van der Waals surface area contributed by atoms with Crippen molar-refractivity contribution in [2.24, 2.45) is 5.41 Å². The molecule has 2 saturated heterocycles. The fourth-order valence-corrected chi connectivity index (χ4v) is 4.81. The number of likely N-dealkylation sites (tertiary alicyclic amines) is 1. The van der Waals surface area contributed by atoms with E-state index in [0.717, 1.165) is 35.8 Å². The Hall–Kier alpha value is -2.83. The molecule has 31 heavy (non-hydrogen) atoms. The molecule has 2 aliphatic rings. The normalized spacial score (nSPS) is 19.3. The van der Waals surface area contributed by atoms with Gasteiger partial charge in [-0.2, -0.15) is 0 Å². The highest BCUT2D eigenvalue weighted by molar-refractivity contribution is 5.88. The van der Waals surface area contributed by atoms with E-state index in [2.05, 4.69) is 5.32 Å². The lowest BCUT2D eigenvalue weighted by atomic mass is 9.73. The van der Waals surface area contributed by atoms with Gasteiger partial charge in [0.1, 0.15) is 11.3 Å². The third-order valence-corrected chi connectivity index (χ3v) is 6.75. The van der Waals surface area contributed by atoms with E-state index < -0.39 is 6.10 Å². The molecular formula is C24H30N2O5. The Kier molecular flexibility index (Phi) is 5.77. The van der Waals surface area contributed by atoms with Crippen LogP contribution in [0.3, 0.4) is 0 Å². The third kappa shape index (κ3) is 4.31. The number of benzene rings is 1. The van der Waals surface area contributed by atoms with E-state index in [0.29, 0.717) is 43.8 Å². The van der Waals surface area contributed by atoms with Gasteiger partial charge < -0.3 is 19.4 Å². The van der Waals surface area contributed by atoms with Crippen molar-refractivity contribution in [1.29, 1.82) is 0 Å². The van der Waals surface area contributed by atoms with Gasteiger partial charge >= 0.3 is 5.63 Å². The summed E-state index contributed by atoms with van der Waals surface area (Å²) < 4.78 is 11.5. The van der Waals surface area contributed by atoms with Gasteiger partial charge in [0.2, 0.25) is 5.91 Å². The first-order valence-electron chi connectivity index (χ1n) is 11.1. The lowest BCUT2D eigenvalue weighted by molar-refractivity contribution is -0.141. The number of rotatable bonds is 4. The van der Waals surface area contributed by atoms with E-state index in [1.54, 1.807) is 6.92 Å². The fraction of sp³-hybridized carbons (Fsp3) is 0.542. The zero-order chi connectivity index (χ0) is 22.2. The number of amides is 2. The molecule has 0 bridgehead atoms. The van der Waals surface area contributed by atoms with Gasteiger partial charge in [0.15, 0.2) is 6.10 Å². The molecule has 7 heteroatoms. The monoisotopic (exact) mass is 426 g/mol. The average molecular weight is 427 g/mol. The number of nitrogens with one attached hydrogen (secondary N) is 1. The number of hydrogen-bond donors (Lipinski definition) is 1. The number of carbonyl (C=O) groups is 2. The van der Waals surface area contributed by atoms with Gasteiger partial charge in [-0.25, -0.2) is 4.79 Å². The van der Waals surface area contributed by atoms with Crippen LogP contribution in [-0.4, -0.2) is 42.5 Å². The van der Waals surface area contributed by atoms with Crippen LogP contribution in [0.5, 0.6) is 5.75 Å². The van der Waals surface area contributed by atoms with Crippen molar-refractivity contribution in [3.05, 3.63) is 39.7 Å². The Bertz CT molecular complexity index is 1050. The molecule has 1 atom stereocenters. The molecule has 1 unspecified atom stereocenters. The Morgan fingerprint density at radius 2 is 1.97 bits per heavy atom. The standard InChI is InChI=1S/C24H30N2O5/c1-4-17-13-21(28)31-19-12-15(2)11-18(22(17)19)30-16(3)23(29)26-9-7-24(8-10-26)6-5-20(27)25-14-24/h11-13,16H,4-10,14H2,1-3H3,(H,25,27). The molecule has 166 valence electrons. The molecule has 7 nitrogen and oxygen atoms in total. The molecule has 1 spiro atoms. The highest BCUT2D eigenvalue weighted by Crippen LogP contribution is 2.38. The summed E-state index contributed by atoms with van der Waals surface area (Å²) in [5, 5.41) is 3.73. The Morgan fingerprint density at radius 3 is 2.61 bits per heavy atom. The Labute approximate surface area is 181 Å². The summed E-state index contributed by atoms with van der Waals surface area (Å²) in [6.45, 7) is 7.71. The lowest BCUT2D eigenvalue weighted by Crippen LogP contribution is -2.52. The van der Waals surface area contributed by atoms with Crippen molar-refractivity contribution in [2.45, 2.75) is 59.0 Å². The molecule has 2 fully saturated rings. The first-order chi connectivity index (χ1) is 14.8. The number of piperidine rings is 2. The Morgan fingerprint density at radius 1 is 1.23 bits per heavy atom. The quantitative estimate of drug-likeness (QED) is 0.760. The van der Waals surface area contributed by atoms with Gasteiger partial charge in [-0.15, -0.1) is 0 Å². The first-order valence-corrected chi connectivity index (χ1v) is 11.1. The molecule has 1 aromatic heterocycles. The van der Waals surface area contributed by atoms with E-state index in [4.69, 9.17) is 9.15 Å². The number of carbonyl (C=O) groups excluding carboxylic acids is 2. The van der Waals surface area contributed by atoms with Crippen molar-refractivity contribution in [3.8, 4) is 5.75 Å². The summed E-state index contributed by atoms with van der Waals surface area (Å²) >= 11 is 0. The number of hydrogen-bond acceptors (Lipinski definition) is 5. The van der Waals surface area contributed by atoms with E-state index >= 15 is 0 Å². The SMILES string of the molecule is CCc1cc(=O)oc2cc(C)cc(OC(C)C(=O)N3CCC4(CCC(=O)NC4)CC3)c12. The average Bonchev–Trinajstić information content (AvgIpc) is 2.75. The summed E-state index contributed by atoms with van der Waals surface area (Å²) in [5.74, 6) is 0.651. The van der Waals surface area contributed by atoms with Gasteiger partial charge in [0, 0.05) is 32.1 Å². The predicted octanol–water partition coefficient (Wildman–Crippen LogP) is 2.95. The van der Waals surface area contributed by atoms with Crippen molar-refractivity contribution < 1.29 is 18.7 Å². The fourth-order valence-electron chi connectivity index (χ4n) is 4.81. The molecule has 4 rings (SSSR count). The number of aryl methyl sites for hydroxylation is 2. The summed E-state index contributed by atoms with van der Waals surface area (Å²) in [7, 11) is 0. The molecular weight excluding hydrogens is 396 g/mol. The molecule has 2 aliphatic heterocycles. The van der Waals surface area contributed by atoms with Crippen LogP contribution in [-0.2, 0) is 16.0 Å². The first kappa shape index (κ1) is 21.4. The van der Waals surface area contributed by atoms with Crippen LogP contribution in [0.25, 0.3) is 11.0 Å². The van der Waals surface area contributed by atoms with Crippen molar-refractivity contribution in [1.82, 2.24) is 10.2 Å². The Balaban J connectivity index is 1.49. The molecule has 1 N–H and O–H groups in total. The van der Waals surface area contributed by atoms with Crippen LogP contribution in [0.2, 0.25) is 0 Å². The third-order valence-electron chi connectivity index (χ3n) is 6.75. The highest BCUT2D eigenvalue weighted by Gasteiger charge is 2.39. The minimum Gasteiger partial charge on any atom is -0.480 e. The summed E-state index contributed by atoms with van der Waals surface area (Å²) in [5.41, 5.74) is 1.97. The topological polar surface area (TPSA) is 88.8 Å². The van der Waals surface area contributed by atoms with Crippen molar-refractivity contribution in [3.63, 3.8) is 0 Å². The van der Waals surface area contributed by atoms with Crippen LogP contribution in [0.15, 0.2) is 27.4 Å². The van der Waals surface area contributed by atoms with Crippen LogP contribution in [0.1, 0.15) is 50.7 Å². The molecule has 2 aromatic rings. The number of fused-ring (bicyclic) bond motifs is 1. The second-order valence-electron chi connectivity index (χ2n) is 8.94. The molecule has 1 aromatic carbocycles. The molecule has 0 aliphatic carbocycles. The van der Waals surface area contributed by atoms with Crippen molar-refractivity contribution >= 4 is 22.8 Å².